The number of piperidine rings is 1. The SMILES string of the molecule is O=C(c1ccn[nH]1)N1CCCC2(CCc3c2nc(N2CCOCC2)[nH]c3=O)C1. The summed E-state index contributed by atoms with van der Waals surface area (Å²) < 4.78 is 5.42. The van der Waals surface area contributed by atoms with Crippen molar-refractivity contribution in [2.75, 3.05) is 44.3 Å². The summed E-state index contributed by atoms with van der Waals surface area (Å²) in [6.07, 6.45) is 5.02. The van der Waals surface area contributed by atoms with E-state index in [1.54, 1.807) is 12.3 Å². The molecule has 2 aromatic rings. The molecule has 0 bridgehead atoms. The van der Waals surface area contributed by atoms with E-state index in [-0.39, 0.29) is 16.9 Å². The molecule has 9 heteroatoms. The van der Waals surface area contributed by atoms with Crippen molar-refractivity contribution in [3.05, 3.63) is 39.6 Å². The van der Waals surface area contributed by atoms with Crippen molar-refractivity contribution in [2.24, 2.45) is 0 Å². The van der Waals surface area contributed by atoms with E-state index in [2.05, 4.69) is 20.1 Å². The monoisotopic (exact) mass is 384 g/mol. The average Bonchev–Trinajstić information content (AvgIpc) is 3.38. The van der Waals surface area contributed by atoms with E-state index in [0.29, 0.717) is 44.4 Å². The molecule has 2 aromatic heterocycles. The van der Waals surface area contributed by atoms with Crippen LogP contribution in [0.5, 0.6) is 0 Å². The topological polar surface area (TPSA) is 107 Å². The molecule has 2 fully saturated rings. The molecule has 0 aromatic carbocycles. The molecule has 0 saturated carbocycles. The van der Waals surface area contributed by atoms with E-state index in [1.165, 1.54) is 0 Å². The van der Waals surface area contributed by atoms with Gasteiger partial charge in [-0.1, -0.05) is 0 Å². The summed E-state index contributed by atoms with van der Waals surface area (Å²) in [5.74, 6) is 0.591. The molecular formula is C19H24N6O3. The molecule has 2 N–H and O–H groups in total. The molecule has 4 heterocycles. The van der Waals surface area contributed by atoms with Gasteiger partial charge in [-0.05, 0) is 31.7 Å². The first kappa shape index (κ1) is 17.4. The Labute approximate surface area is 162 Å². The zero-order chi connectivity index (χ0) is 19.1. The smallest absolute Gasteiger partial charge is 0.271 e. The molecule has 1 atom stereocenters. The van der Waals surface area contributed by atoms with Gasteiger partial charge >= 0.3 is 0 Å². The van der Waals surface area contributed by atoms with Crippen LogP contribution in [0.3, 0.4) is 0 Å². The maximum absolute atomic E-state index is 12.8. The molecule has 5 rings (SSSR count). The maximum atomic E-state index is 12.8. The van der Waals surface area contributed by atoms with E-state index in [0.717, 1.165) is 43.6 Å². The number of ether oxygens (including phenoxy) is 1. The molecule has 0 radical (unpaired) electrons. The fourth-order valence-corrected chi connectivity index (χ4v) is 4.81. The summed E-state index contributed by atoms with van der Waals surface area (Å²) >= 11 is 0. The van der Waals surface area contributed by atoms with Crippen LogP contribution in [0, 0.1) is 0 Å². The molecule has 1 aliphatic carbocycles. The van der Waals surface area contributed by atoms with Crippen LogP contribution in [0.4, 0.5) is 5.95 Å². The number of aromatic amines is 2. The second-order valence-electron chi connectivity index (χ2n) is 7.90. The first-order chi connectivity index (χ1) is 13.7. The molecule has 1 amide bonds. The van der Waals surface area contributed by atoms with Crippen LogP contribution >= 0.6 is 0 Å². The third-order valence-electron chi connectivity index (χ3n) is 6.26. The van der Waals surface area contributed by atoms with Crippen LogP contribution in [-0.2, 0) is 16.6 Å². The van der Waals surface area contributed by atoms with Crippen molar-refractivity contribution in [2.45, 2.75) is 31.1 Å². The number of nitrogens with one attached hydrogen (secondary N) is 2. The Balaban J connectivity index is 1.48. The predicted octanol–water partition coefficient (Wildman–Crippen LogP) is 0.450. The number of morpholine rings is 1. The van der Waals surface area contributed by atoms with Crippen molar-refractivity contribution < 1.29 is 9.53 Å². The fraction of sp³-hybridized carbons (Fsp3) is 0.579. The average molecular weight is 384 g/mol. The number of fused-ring (bicyclic) bond motifs is 2. The minimum atomic E-state index is -0.238. The number of nitrogens with zero attached hydrogens (tertiary/aromatic N) is 4. The van der Waals surface area contributed by atoms with Crippen molar-refractivity contribution >= 4 is 11.9 Å². The highest BCUT2D eigenvalue weighted by atomic mass is 16.5. The zero-order valence-corrected chi connectivity index (χ0v) is 15.7. The summed E-state index contributed by atoms with van der Waals surface area (Å²) in [4.78, 5) is 37.4. The quantitative estimate of drug-likeness (QED) is 0.779. The Bertz CT molecular complexity index is 934. The first-order valence-electron chi connectivity index (χ1n) is 9.91. The second kappa shape index (κ2) is 6.73. The lowest BCUT2D eigenvalue weighted by Crippen LogP contribution is -2.48. The van der Waals surface area contributed by atoms with Gasteiger partial charge < -0.3 is 14.5 Å². The third kappa shape index (κ3) is 2.81. The second-order valence-corrected chi connectivity index (χ2v) is 7.90. The summed E-state index contributed by atoms with van der Waals surface area (Å²) in [5.41, 5.74) is 1.90. The Morgan fingerprint density at radius 3 is 2.86 bits per heavy atom. The molecule has 9 nitrogen and oxygen atoms in total. The minimum Gasteiger partial charge on any atom is -0.378 e. The van der Waals surface area contributed by atoms with Crippen LogP contribution in [0.25, 0.3) is 0 Å². The standard InChI is InChI=1S/C19H24N6O3/c26-16-13-2-5-19(15(13)21-18(22-16)24-8-10-28-11-9-24)4-1-7-25(12-19)17(27)14-3-6-20-23-14/h3,6H,1-2,4-5,7-12H2,(H,20,23)(H,21,22,26). The number of likely N-dealkylation sites (tertiary alicyclic amines) is 1. The van der Waals surface area contributed by atoms with E-state index < -0.39 is 0 Å². The number of carbonyl (C=O) groups excluding carboxylic acids is 1. The maximum Gasteiger partial charge on any atom is 0.271 e. The Morgan fingerprint density at radius 1 is 1.21 bits per heavy atom. The Hall–Kier alpha value is -2.68. The van der Waals surface area contributed by atoms with Gasteiger partial charge in [0.2, 0.25) is 5.95 Å². The number of hydrogen-bond acceptors (Lipinski definition) is 6. The molecule has 148 valence electrons. The Kier molecular flexibility index (Phi) is 4.19. The first-order valence-corrected chi connectivity index (χ1v) is 9.91. The summed E-state index contributed by atoms with van der Waals surface area (Å²) in [7, 11) is 0. The number of anilines is 1. The van der Waals surface area contributed by atoms with Gasteiger partial charge in [0.1, 0.15) is 5.69 Å². The molecule has 1 unspecified atom stereocenters. The molecule has 3 aliphatic rings. The summed E-state index contributed by atoms with van der Waals surface area (Å²) in [5, 5.41) is 6.66. The fourth-order valence-electron chi connectivity index (χ4n) is 4.81. The zero-order valence-electron chi connectivity index (χ0n) is 15.7. The lowest BCUT2D eigenvalue weighted by molar-refractivity contribution is 0.0627. The molecule has 28 heavy (non-hydrogen) atoms. The van der Waals surface area contributed by atoms with Gasteiger partial charge in [0.15, 0.2) is 0 Å². The summed E-state index contributed by atoms with van der Waals surface area (Å²) in [6.45, 7) is 4.03. The molecule has 2 saturated heterocycles. The van der Waals surface area contributed by atoms with Crippen LogP contribution in [0.1, 0.15) is 41.0 Å². The number of rotatable bonds is 2. The molecule has 2 aliphatic heterocycles. The number of hydrogen-bond donors (Lipinski definition) is 2. The van der Waals surface area contributed by atoms with Crippen LogP contribution in [-0.4, -0.2) is 70.4 Å². The number of aromatic nitrogens is 4. The molecule has 1 spiro atoms. The van der Waals surface area contributed by atoms with Crippen molar-refractivity contribution in [1.82, 2.24) is 25.1 Å². The summed E-state index contributed by atoms with van der Waals surface area (Å²) in [6, 6.07) is 1.70. The number of carbonyl (C=O) groups is 1. The third-order valence-corrected chi connectivity index (χ3v) is 6.26. The van der Waals surface area contributed by atoms with Gasteiger partial charge in [-0.3, -0.25) is 19.7 Å². The lowest BCUT2D eigenvalue weighted by Gasteiger charge is -2.40. The van der Waals surface area contributed by atoms with Gasteiger partial charge in [-0.2, -0.15) is 5.10 Å². The van der Waals surface area contributed by atoms with E-state index in [1.807, 2.05) is 4.90 Å². The van der Waals surface area contributed by atoms with E-state index in [4.69, 9.17) is 9.72 Å². The van der Waals surface area contributed by atoms with Crippen LogP contribution in [0.2, 0.25) is 0 Å². The van der Waals surface area contributed by atoms with Gasteiger partial charge in [-0.15, -0.1) is 0 Å². The Morgan fingerprint density at radius 2 is 2.07 bits per heavy atom. The van der Waals surface area contributed by atoms with Gasteiger partial charge in [0.25, 0.3) is 11.5 Å². The number of H-pyrrole nitrogens is 2. The lowest BCUT2D eigenvalue weighted by atomic mass is 9.77. The molecular weight excluding hydrogens is 360 g/mol. The minimum absolute atomic E-state index is 0.0386. The van der Waals surface area contributed by atoms with E-state index in [9.17, 15) is 9.59 Å². The van der Waals surface area contributed by atoms with Crippen molar-refractivity contribution in [1.29, 1.82) is 0 Å². The van der Waals surface area contributed by atoms with Crippen LogP contribution < -0.4 is 10.5 Å². The largest absolute Gasteiger partial charge is 0.378 e. The van der Waals surface area contributed by atoms with Crippen molar-refractivity contribution in [3.63, 3.8) is 0 Å². The number of amides is 1. The van der Waals surface area contributed by atoms with Crippen LogP contribution in [0.15, 0.2) is 17.1 Å². The van der Waals surface area contributed by atoms with E-state index >= 15 is 0 Å². The van der Waals surface area contributed by atoms with Crippen molar-refractivity contribution in [3.8, 4) is 0 Å². The normalized spacial score (nSPS) is 24.6. The predicted molar refractivity (Wildman–Crippen MR) is 102 cm³/mol. The highest BCUT2D eigenvalue weighted by molar-refractivity contribution is 5.92. The van der Waals surface area contributed by atoms with Gasteiger partial charge in [0.05, 0.1) is 18.9 Å². The highest BCUT2D eigenvalue weighted by Crippen LogP contribution is 2.43. The van der Waals surface area contributed by atoms with Gasteiger partial charge in [0, 0.05) is 43.4 Å². The highest BCUT2D eigenvalue weighted by Gasteiger charge is 2.46. The van der Waals surface area contributed by atoms with Gasteiger partial charge in [-0.25, -0.2) is 4.98 Å².